The molecule has 0 saturated carbocycles. The Labute approximate surface area is 119 Å². The summed E-state index contributed by atoms with van der Waals surface area (Å²) in [5.41, 5.74) is 7.92. The number of methoxy groups -OCH3 is 1. The highest BCUT2D eigenvalue weighted by Crippen LogP contribution is 2.29. The van der Waals surface area contributed by atoms with E-state index in [1.54, 1.807) is 7.11 Å². The third-order valence-electron chi connectivity index (χ3n) is 2.89. The molecule has 2 nitrogen and oxygen atoms in total. The van der Waals surface area contributed by atoms with Gasteiger partial charge in [0.15, 0.2) is 0 Å². The van der Waals surface area contributed by atoms with E-state index in [1.807, 2.05) is 48.2 Å². The monoisotopic (exact) mass is 273 g/mol. The Morgan fingerprint density at radius 1 is 1.11 bits per heavy atom. The van der Waals surface area contributed by atoms with Crippen molar-refractivity contribution in [3.8, 4) is 5.75 Å². The number of ether oxygens (including phenoxy) is 1. The van der Waals surface area contributed by atoms with E-state index in [4.69, 9.17) is 10.5 Å². The van der Waals surface area contributed by atoms with Gasteiger partial charge in [-0.25, -0.2) is 0 Å². The Hall–Kier alpha value is -1.61. The number of nitrogen functional groups attached to an aromatic ring is 1. The van der Waals surface area contributed by atoms with Crippen LogP contribution in [-0.2, 0) is 6.42 Å². The predicted molar refractivity (Wildman–Crippen MR) is 82.9 cm³/mol. The maximum Gasteiger partial charge on any atom is 0.132 e. The Morgan fingerprint density at radius 3 is 2.74 bits per heavy atom. The summed E-state index contributed by atoms with van der Waals surface area (Å²) >= 11 is 1.84. The van der Waals surface area contributed by atoms with Crippen molar-refractivity contribution < 1.29 is 4.74 Å². The summed E-state index contributed by atoms with van der Waals surface area (Å²) in [6.07, 6.45) is 2.19. The maximum atomic E-state index is 5.77. The molecular formula is C16H19NOS. The Bertz CT molecular complexity index is 528. The summed E-state index contributed by atoms with van der Waals surface area (Å²) in [4.78, 5) is 1.21. The summed E-state index contributed by atoms with van der Waals surface area (Å²) in [5, 5.41) is 0. The molecule has 0 aliphatic carbocycles. The van der Waals surface area contributed by atoms with Gasteiger partial charge in [-0.2, -0.15) is 0 Å². The summed E-state index contributed by atoms with van der Waals surface area (Å²) in [7, 11) is 1.71. The Kier molecular flexibility index (Phi) is 5.16. The van der Waals surface area contributed by atoms with Crippen molar-refractivity contribution in [1.82, 2.24) is 0 Å². The van der Waals surface area contributed by atoms with Crippen molar-refractivity contribution in [3.05, 3.63) is 54.1 Å². The Balaban J connectivity index is 1.81. The largest absolute Gasteiger partial charge is 0.496 e. The van der Waals surface area contributed by atoms with Crippen LogP contribution in [0.15, 0.2) is 53.4 Å². The van der Waals surface area contributed by atoms with Crippen LogP contribution in [0.25, 0.3) is 0 Å². The molecule has 0 aliphatic rings. The summed E-state index contributed by atoms with van der Waals surface area (Å²) < 4.78 is 5.34. The molecule has 0 aliphatic heterocycles. The number of anilines is 1. The van der Waals surface area contributed by atoms with Crippen molar-refractivity contribution in [2.24, 2.45) is 0 Å². The molecule has 2 aromatic rings. The topological polar surface area (TPSA) is 35.2 Å². The number of benzene rings is 2. The number of rotatable bonds is 6. The molecule has 0 radical (unpaired) electrons. The third kappa shape index (κ3) is 4.21. The highest BCUT2D eigenvalue weighted by atomic mass is 32.2. The second kappa shape index (κ2) is 7.10. The van der Waals surface area contributed by atoms with Gasteiger partial charge in [-0.3, -0.25) is 0 Å². The number of para-hydroxylation sites is 1. The molecule has 19 heavy (non-hydrogen) atoms. The molecule has 2 rings (SSSR count). The molecule has 0 heterocycles. The molecular weight excluding hydrogens is 254 g/mol. The SMILES string of the molecule is COc1ccccc1SCCCc1cccc(N)c1. The van der Waals surface area contributed by atoms with Crippen LogP contribution >= 0.6 is 11.8 Å². The molecule has 0 unspecified atom stereocenters. The zero-order valence-corrected chi connectivity index (χ0v) is 12.0. The molecule has 100 valence electrons. The van der Waals surface area contributed by atoms with Crippen LogP contribution < -0.4 is 10.5 Å². The highest BCUT2D eigenvalue weighted by molar-refractivity contribution is 7.99. The minimum atomic E-state index is 0.842. The first-order valence-electron chi connectivity index (χ1n) is 6.40. The maximum absolute atomic E-state index is 5.77. The van der Waals surface area contributed by atoms with Crippen molar-refractivity contribution in [2.75, 3.05) is 18.6 Å². The van der Waals surface area contributed by atoms with E-state index < -0.39 is 0 Å². The second-order valence-corrected chi connectivity index (χ2v) is 5.48. The minimum absolute atomic E-state index is 0.842. The van der Waals surface area contributed by atoms with E-state index in [1.165, 1.54) is 10.5 Å². The molecule has 0 fully saturated rings. The van der Waals surface area contributed by atoms with Crippen LogP contribution in [0.5, 0.6) is 5.75 Å². The molecule has 0 amide bonds. The fourth-order valence-corrected chi connectivity index (χ4v) is 2.92. The lowest BCUT2D eigenvalue weighted by atomic mass is 10.1. The van der Waals surface area contributed by atoms with Gasteiger partial charge in [-0.05, 0) is 48.4 Å². The van der Waals surface area contributed by atoms with Crippen LogP contribution in [-0.4, -0.2) is 12.9 Å². The average molecular weight is 273 g/mol. The summed E-state index contributed by atoms with van der Waals surface area (Å²) in [6.45, 7) is 0. The van der Waals surface area contributed by atoms with E-state index in [0.717, 1.165) is 30.0 Å². The van der Waals surface area contributed by atoms with Gasteiger partial charge in [0.05, 0.1) is 7.11 Å². The number of nitrogens with two attached hydrogens (primary N) is 1. The van der Waals surface area contributed by atoms with Crippen molar-refractivity contribution in [2.45, 2.75) is 17.7 Å². The molecule has 0 atom stereocenters. The molecule has 0 aromatic heterocycles. The van der Waals surface area contributed by atoms with E-state index in [-0.39, 0.29) is 0 Å². The van der Waals surface area contributed by atoms with E-state index in [9.17, 15) is 0 Å². The molecule has 0 spiro atoms. The van der Waals surface area contributed by atoms with Gasteiger partial charge >= 0.3 is 0 Å². The lowest BCUT2D eigenvalue weighted by Gasteiger charge is -2.07. The standard InChI is InChI=1S/C16H19NOS/c1-18-15-9-2-3-10-16(15)19-11-5-7-13-6-4-8-14(17)12-13/h2-4,6,8-10,12H,5,7,11,17H2,1H3. The van der Waals surface area contributed by atoms with Crippen LogP contribution in [0.3, 0.4) is 0 Å². The normalized spacial score (nSPS) is 10.4. The van der Waals surface area contributed by atoms with Crippen LogP contribution in [0.1, 0.15) is 12.0 Å². The quantitative estimate of drug-likeness (QED) is 0.491. The van der Waals surface area contributed by atoms with Gasteiger partial charge in [-0.1, -0.05) is 24.3 Å². The van der Waals surface area contributed by atoms with Crippen molar-refractivity contribution in [1.29, 1.82) is 0 Å². The molecule has 2 aromatic carbocycles. The van der Waals surface area contributed by atoms with Crippen molar-refractivity contribution >= 4 is 17.4 Å². The predicted octanol–water partition coefficient (Wildman–Crippen LogP) is 4.00. The molecule has 3 heteroatoms. The van der Waals surface area contributed by atoms with Gasteiger partial charge in [0, 0.05) is 10.6 Å². The van der Waals surface area contributed by atoms with Gasteiger partial charge in [-0.15, -0.1) is 11.8 Å². The fourth-order valence-electron chi connectivity index (χ4n) is 1.95. The van der Waals surface area contributed by atoms with E-state index >= 15 is 0 Å². The van der Waals surface area contributed by atoms with Gasteiger partial charge in [0.1, 0.15) is 5.75 Å². The third-order valence-corrected chi connectivity index (χ3v) is 4.03. The van der Waals surface area contributed by atoms with E-state index in [2.05, 4.69) is 12.1 Å². The fraction of sp³-hybridized carbons (Fsp3) is 0.250. The number of thioether (sulfide) groups is 1. The first kappa shape index (κ1) is 13.8. The highest BCUT2D eigenvalue weighted by Gasteiger charge is 2.02. The molecule has 0 bridgehead atoms. The van der Waals surface area contributed by atoms with Crippen LogP contribution in [0.2, 0.25) is 0 Å². The van der Waals surface area contributed by atoms with Gasteiger partial charge < -0.3 is 10.5 Å². The zero-order valence-electron chi connectivity index (χ0n) is 11.1. The molecule has 0 saturated heterocycles. The van der Waals surface area contributed by atoms with Crippen molar-refractivity contribution in [3.63, 3.8) is 0 Å². The minimum Gasteiger partial charge on any atom is -0.496 e. The first-order chi connectivity index (χ1) is 9.29. The Morgan fingerprint density at radius 2 is 1.95 bits per heavy atom. The number of hydrogen-bond donors (Lipinski definition) is 1. The zero-order chi connectivity index (χ0) is 13.5. The van der Waals surface area contributed by atoms with Gasteiger partial charge in [0.2, 0.25) is 0 Å². The first-order valence-corrected chi connectivity index (χ1v) is 7.38. The number of aryl methyl sites for hydroxylation is 1. The van der Waals surface area contributed by atoms with Crippen LogP contribution in [0, 0.1) is 0 Å². The van der Waals surface area contributed by atoms with Crippen LogP contribution in [0.4, 0.5) is 5.69 Å². The summed E-state index contributed by atoms with van der Waals surface area (Å²) in [6, 6.07) is 16.3. The molecule has 2 N–H and O–H groups in total. The average Bonchev–Trinajstić information content (AvgIpc) is 2.44. The van der Waals surface area contributed by atoms with Gasteiger partial charge in [0.25, 0.3) is 0 Å². The van der Waals surface area contributed by atoms with E-state index in [0.29, 0.717) is 0 Å². The smallest absolute Gasteiger partial charge is 0.132 e. The lowest BCUT2D eigenvalue weighted by molar-refractivity contribution is 0.405. The lowest BCUT2D eigenvalue weighted by Crippen LogP contribution is -1.91. The number of hydrogen-bond acceptors (Lipinski definition) is 3. The second-order valence-electron chi connectivity index (χ2n) is 4.35. The summed E-state index contributed by atoms with van der Waals surface area (Å²) in [5.74, 6) is 2.03.